The first-order valence-electron chi connectivity index (χ1n) is 7.80. The number of hydrogen-bond donors (Lipinski definition) is 0. The zero-order valence-corrected chi connectivity index (χ0v) is 13.2. The van der Waals surface area contributed by atoms with Crippen LogP contribution in [0.1, 0.15) is 12.5 Å². The summed E-state index contributed by atoms with van der Waals surface area (Å²) in [6.07, 6.45) is 3.33. The molecule has 0 saturated carbocycles. The van der Waals surface area contributed by atoms with E-state index in [2.05, 4.69) is 43.1 Å². The molecule has 0 aliphatic carbocycles. The van der Waals surface area contributed by atoms with E-state index in [1.54, 1.807) is 29.2 Å². The standard InChI is InChI=1S/C16H16N8/c1-12-10-22(16-13(9-17)3-2-6-18-16)7-8-23(12)15-5-4-14-20-19-11-24(14)21-15/h2-6,11-12H,7-8,10H2,1H3/t12-/m0/s1. The molecular formula is C16H16N8. The molecule has 0 spiro atoms. The molecule has 0 amide bonds. The fourth-order valence-electron chi connectivity index (χ4n) is 3.10. The predicted molar refractivity (Wildman–Crippen MR) is 88.8 cm³/mol. The Morgan fingerprint density at radius 1 is 1.25 bits per heavy atom. The van der Waals surface area contributed by atoms with E-state index < -0.39 is 0 Å². The van der Waals surface area contributed by atoms with Gasteiger partial charge in [0.1, 0.15) is 24.0 Å². The van der Waals surface area contributed by atoms with Crippen LogP contribution in [-0.4, -0.2) is 50.5 Å². The molecule has 0 bridgehead atoms. The maximum Gasteiger partial charge on any atom is 0.177 e. The van der Waals surface area contributed by atoms with Crippen LogP contribution in [0.3, 0.4) is 0 Å². The lowest BCUT2D eigenvalue weighted by molar-refractivity contribution is 0.539. The molecule has 1 aliphatic rings. The van der Waals surface area contributed by atoms with E-state index in [0.717, 1.165) is 36.9 Å². The molecule has 120 valence electrons. The normalized spacial score (nSPS) is 17.9. The Balaban J connectivity index is 1.57. The first-order chi connectivity index (χ1) is 11.8. The van der Waals surface area contributed by atoms with E-state index in [1.165, 1.54) is 0 Å². The van der Waals surface area contributed by atoms with Crippen LogP contribution in [0.25, 0.3) is 5.65 Å². The highest BCUT2D eigenvalue weighted by Crippen LogP contribution is 2.23. The maximum absolute atomic E-state index is 9.27. The zero-order chi connectivity index (χ0) is 16.5. The van der Waals surface area contributed by atoms with Crippen LogP contribution < -0.4 is 9.80 Å². The summed E-state index contributed by atoms with van der Waals surface area (Å²) in [5, 5.41) is 21.7. The Hall–Kier alpha value is -3.21. The maximum atomic E-state index is 9.27. The van der Waals surface area contributed by atoms with Gasteiger partial charge in [0.15, 0.2) is 5.65 Å². The number of pyridine rings is 1. The minimum atomic E-state index is 0.244. The molecule has 1 aliphatic heterocycles. The molecule has 1 saturated heterocycles. The van der Waals surface area contributed by atoms with Gasteiger partial charge in [-0.15, -0.1) is 15.3 Å². The Labute approximate surface area is 139 Å². The number of piperazine rings is 1. The highest BCUT2D eigenvalue weighted by molar-refractivity contribution is 5.55. The minimum Gasteiger partial charge on any atom is -0.352 e. The number of nitriles is 1. The van der Waals surface area contributed by atoms with Crippen molar-refractivity contribution in [3.8, 4) is 6.07 Å². The van der Waals surface area contributed by atoms with Gasteiger partial charge in [0.25, 0.3) is 0 Å². The molecule has 8 heteroatoms. The number of fused-ring (bicyclic) bond motifs is 1. The molecule has 3 aromatic rings. The fraction of sp³-hybridized carbons (Fsp3) is 0.312. The van der Waals surface area contributed by atoms with Crippen molar-refractivity contribution in [1.29, 1.82) is 5.26 Å². The van der Waals surface area contributed by atoms with Crippen molar-refractivity contribution in [2.24, 2.45) is 0 Å². The highest BCUT2D eigenvalue weighted by Gasteiger charge is 2.27. The van der Waals surface area contributed by atoms with Gasteiger partial charge in [0.05, 0.1) is 5.56 Å². The second-order valence-corrected chi connectivity index (χ2v) is 5.80. The molecule has 0 unspecified atom stereocenters. The molecule has 3 aromatic heterocycles. The van der Waals surface area contributed by atoms with Gasteiger partial charge < -0.3 is 9.80 Å². The molecule has 8 nitrogen and oxygen atoms in total. The molecular weight excluding hydrogens is 304 g/mol. The average Bonchev–Trinajstić information content (AvgIpc) is 3.09. The van der Waals surface area contributed by atoms with E-state index in [9.17, 15) is 5.26 Å². The third-order valence-corrected chi connectivity index (χ3v) is 4.28. The number of hydrogen-bond acceptors (Lipinski definition) is 7. The van der Waals surface area contributed by atoms with E-state index in [1.807, 2.05) is 12.1 Å². The average molecular weight is 320 g/mol. The molecule has 24 heavy (non-hydrogen) atoms. The van der Waals surface area contributed by atoms with Crippen LogP contribution in [0.5, 0.6) is 0 Å². The molecule has 0 N–H and O–H groups in total. The van der Waals surface area contributed by atoms with E-state index >= 15 is 0 Å². The largest absolute Gasteiger partial charge is 0.352 e. The van der Waals surface area contributed by atoms with Gasteiger partial charge in [-0.2, -0.15) is 9.78 Å². The second-order valence-electron chi connectivity index (χ2n) is 5.80. The van der Waals surface area contributed by atoms with Crippen molar-refractivity contribution in [3.63, 3.8) is 0 Å². The summed E-state index contributed by atoms with van der Waals surface area (Å²) >= 11 is 0. The van der Waals surface area contributed by atoms with Crippen molar-refractivity contribution in [2.75, 3.05) is 29.4 Å². The second kappa shape index (κ2) is 5.77. The first kappa shape index (κ1) is 14.4. The topological polar surface area (TPSA) is 86.2 Å². The van der Waals surface area contributed by atoms with Gasteiger partial charge in [-0.3, -0.25) is 0 Å². The molecule has 0 aromatic carbocycles. The van der Waals surface area contributed by atoms with Crippen LogP contribution >= 0.6 is 0 Å². The van der Waals surface area contributed by atoms with E-state index in [-0.39, 0.29) is 6.04 Å². The summed E-state index contributed by atoms with van der Waals surface area (Å²) in [6, 6.07) is 9.95. The number of aromatic nitrogens is 5. The number of anilines is 2. The third kappa shape index (κ3) is 2.40. The summed E-state index contributed by atoms with van der Waals surface area (Å²) in [5.41, 5.74) is 1.35. The predicted octanol–water partition coefficient (Wildman–Crippen LogP) is 1.11. The lowest BCUT2D eigenvalue weighted by Gasteiger charge is -2.41. The van der Waals surface area contributed by atoms with Crippen molar-refractivity contribution in [1.82, 2.24) is 24.8 Å². The van der Waals surface area contributed by atoms with Crippen molar-refractivity contribution >= 4 is 17.3 Å². The lowest BCUT2D eigenvalue weighted by atomic mass is 10.1. The van der Waals surface area contributed by atoms with Gasteiger partial charge in [0.2, 0.25) is 0 Å². The quantitative estimate of drug-likeness (QED) is 0.699. The Morgan fingerprint density at radius 3 is 3.00 bits per heavy atom. The van der Waals surface area contributed by atoms with Gasteiger partial charge >= 0.3 is 0 Å². The van der Waals surface area contributed by atoms with Gasteiger partial charge in [-0.25, -0.2) is 4.98 Å². The zero-order valence-electron chi connectivity index (χ0n) is 13.2. The molecule has 1 fully saturated rings. The number of rotatable bonds is 2. The number of nitrogens with zero attached hydrogens (tertiary/aromatic N) is 8. The molecule has 4 heterocycles. The SMILES string of the molecule is C[C@H]1CN(c2ncccc2C#N)CCN1c1ccc2nncn2n1. The van der Waals surface area contributed by atoms with E-state index in [0.29, 0.717) is 5.56 Å². The first-order valence-corrected chi connectivity index (χ1v) is 7.80. The van der Waals surface area contributed by atoms with Crippen LogP contribution in [0, 0.1) is 11.3 Å². The van der Waals surface area contributed by atoms with Crippen molar-refractivity contribution in [3.05, 3.63) is 42.4 Å². The summed E-state index contributed by atoms with van der Waals surface area (Å²) in [5.74, 6) is 1.66. The smallest absolute Gasteiger partial charge is 0.177 e. The lowest BCUT2D eigenvalue weighted by Crippen LogP contribution is -2.53. The molecule has 4 rings (SSSR count). The molecule has 1 atom stereocenters. The monoisotopic (exact) mass is 320 g/mol. The van der Waals surface area contributed by atoms with Gasteiger partial charge in [-0.05, 0) is 31.2 Å². The van der Waals surface area contributed by atoms with Crippen molar-refractivity contribution in [2.45, 2.75) is 13.0 Å². The summed E-state index contributed by atoms with van der Waals surface area (Å²) in [6.45, 7) is 4.54. The van der Waals surface area contributed by atoms with Crippen LogP contribution in [0.15, 0.2) is 36.8 Å². The fourth-order valence-corrected chi connectivity index (χ4v) is 3.10. The Kier molecular flexibility index (Phi) is 3.46. The van der Waals surface area contributed by atoms with Crippen LogP contribution in [0.2, 0.25) is 0 Å². The van der Waals surface area contributed by atoms with Crippen LogP contribution in [-0.2, 0) is 0 Å². The third-order valence-electron chi connectivity index (χ3n) is 4.28. The van der Waals surface area contributed by atoms with Crippen molar-refractivity contribution < 1.29 is 0 Å². The minimum absolute atomic E-state index is 0.244. The van der Waals surface area contributed by atoms with E-state index in [4.69, 9.17) is 0 Å². The van der Waals surface area contributed by atoms with Crippen LogP contribution in [0.4, 0.5) is 11.6 Å². The highest BCUT2D eigenvalue weighted by atomic mass is 15.4. The Morgan fingerprint density at radius 2 is 2.17 bits per heavy atom. The van der Waals surface area contributed by atoms with Gasteiger partial charge in [0, 0.05) is 31.9 Å². The summed E-state index contributed by atoms with van der Waals surface area (Å²) in [4.78, 5) is 8.81. The molecule has 0 radical (unpaired) electrons. The Bertz CT molecular complexity index is 912. The summed E-state index contributed by atoms with van der Waals surface area (Å²) < 4.78 is 1.68. The summed E-state index contributed by atoms with van der Waals surface area (Å²) in [7, 11) is 0. The van der Waals surface area contributed by atoms with Gasteiger partial charge in [-0.1, -0.05) is 0 Å².